The summed E-state index contributed by atoms with van der Waals surface area (Å²) in [6.45, 7) is 2.91. The largest absolute Gasteiger partial charge is 0.494 e. The lowest BCUT2D eigenvalue weighted by molar-refractivity contribution is 0.267. The number of nitrogens with zero attached hydrogens (tertiary/aromatic N) is 1. The summed E-state index contributed by atoms with van der Waals surface area (Å²) in [5, 5.41) is 9.46. The van der Waals surface area contributed by atoms with Crippen LogP contribution in [0, 0.1) is 0 Å². The van der Waals surface area contributed by atoms with Crippen LogP contribution in [-0.2, 0) is 29.8 Å². The molecule has 1 aliphatic rings. The van der Waals surface area contributed by atoms with Gasteiger partial charge in [-0.15, -0.1) is 0 Å². The Morgan fingerprint density at radius 3 is 2.68 bits per heavy atom. The Balaban J connectivity index is 1.78. The molecule has 0 aromatic heterocycles. The number of anilines is 1. The predicted octanol–water partition coefficient (Wildman–Crippen LogP) is 2.29. The van der Waals surface area contributed by atoms with Gasteiger partial charge in [0.2, 0.25) is 0 Å². The van der Waals surface area contributed by atoms with Gasteiger partial charge in [0.1, 0.15) is 5.75 Å². The van der Waals surface area contributed by atoms with Gasteiger partial charge >= 0.3 is 10.2 Å². The summed E-state index contributed by atoms with van der Waals surface area (Å²) in [6.07, 6.45) is 0.697. The molecule has 0 amide bonds. The Morgan fingerprint density at radius 1 is 1.20 bits per heavy atom. The lowest BCUT2D eigenvalue weighted by Gasteiger charge is -2.28. The van der Waals surface area contributed by atoms with Gasteiger partial charge in [-0.3, -0.25) is 4.72 Å². The number of rotatable bonds is 6. The Labute approximate surface area is 148 Å². The second kappa shape index (κ2) is 7.43. The standard InChI is InChI=1S/C18H22N2O4S/c1-2-24-18-8-7-17(11-16(18)13-21)19-25(22,23)20-10-9-14-5-3-4-6-15(14)12-20/h3-8,11,19,21H,2,9-10,12-13H2,1H3. The van der Waals surface area contributed by atoms with E-state index in [1.165, 1.54) is 9.87 Å². The maximum Gasteiger partial charge on any atom is 0.301 e. The summed E-state index contributed by atoms with van der Waals surface area (Å²) in [5.74, 6) is 0.555. The minimum atomic E-state index is -3.67. The van der Waals surface area contributed by atoms with Crippen LogP contribution in [0.4, 0.5) is 5.69 Å². The van der Waals surface area contributed by atoms with E-state index < -0.39 is 10.2 Å². The third kappa shape index (κ3) is 3.95. The van der Waals surface area contributed by atoms with Crippen molar-refractivity contribution in [3.63, 3.8) is 0 Å². The van der Waals surface area contributed by atoms with Gasteiger partial charge < -0.3 is 9.84 Å². The van der Waals surface area contributed by atoms with Crippen molar-refractivity contribution < 1.29 is 18.3 Å². The van der Waals surface area contributed by atoms with E-state index in [-0.39, 0.29) is 6.61 Å². The highest BCUT2D eigenvalue weighted by Gasteiger charge is 2.26. The molecule has 0 bridgehead atoms. The molecular formula is C18H22N2O4S. The average Bonchev–Trinajstić information content (AvgIpc) is 2.62. The molecule has 0 fully saturated rings. The second-order valence-corrected chi connectivity index (χ2v) is 7.54. The maximum absolute atomic E-state index is 12.7. The summed E-state index contributed by atoms with van der Waals surface area (Å²) in [6, 6.07) is 12.8. The maximum atomic E-state index is 12.7. The quantitative estimate of drug-likeness (QED) is 0.826. The van der Waals surface area contributed by atoms with Crippen LogP contribution in [0.15, 0.2) is 42.5 Å². The lowest BCUT2D eigenvalue weighted by atomic mass is 10.0. The number of aliphatic hydroxyl groups excluding tert-OH is 1. The molecule has 2 aromatic carbocycles. The number of nitrogens with one attached hydrogen (secondary N) is 1. The molecular weight excluding hydrogens is 340 g/mol. The van der Waals surface area contributed by atoms with Crippen LogP contribution in [0.5, 0.6) is 5.75 Å². The molecule has 2 N–H and O–H groups in total. The zero-order chi connectivity index (χ0) is 17.9. The van der Waals surface area contributed by atoms with E-state index in [1.807, 2.05) is 31.2 Å². The van der Waals surface area contributed by atoms with Crippen molar-refractivity contribution in [3.8, 4) is 5.75 Å². The number of ether oxygens (including phenoxy) is 1. The fourth-order valence-electron chi connectivity index (χ4n) is 2.95. The summed E-state index contributed by atoms with van der Waals surface area (Å²) >= 11 is 0. The zero-order valence-corrected chi connectivity index (χ0v) is 14.9. The fraction of sp³-hybridized carbons (Fsp3) is 0.333. The van der Waals surface area contributed by atoms with E-state index in [2.05, 4.69) is 4.72 Å². The fourth-order valence-corrected chi connectivity index (χ4v) is 4.15. The zero-order valence-electron chi connectivity index (χ0n) is 14.1. The molecule has 0 atom stereocenters. The third-order valence-electron chi connectivity index (χ3n) is 4.21. The molecule has 6 nitrogen and oxygen atoms in total. The van der Waals surface area contributed by atoms with E-state index in [1.54, 1.807) is 18.2 Å². The first-order valence-corrected chi connectivity index (χ1v) is 9.68. The van der Waals surface area contributed by atoms with Gasteiger partial charge in [-0.1, -0.05) is 24.3 Å². The van der Waals surface area contributed by atoms with Gasteiger partial charge in [0, 0.05) is 18.7 Å². The number of aliphatic hydroxyl groups is 1. The van der Waals surface area contributed by atoms with Gasteiger partial charge in [-0.25, -0.2) is 0 Å². The van der Waals surface area contributed by atoms with Crippen molar-refractivity contribution in [2.75, 3.05) is 17.9 Å². The Hall–Kier alpha value is -2.09. The highest BCUT2D eigenvalue weighted by molar-refractivity contribution is 7.90. The van der Waals surface area contributed by atoms with Crippen LogP contribution in [0.2, 0.25) is 0 Å². The molecule has 1 heterocycles. The monoisotopic (exact) mass is 362 g/mol. The number of benzene rings is 2. The van der Waals surface area contributed by atoms with Gasteiger partial charge in [0.15, 0.2) is 0 Å². The van der Waals surface area contributed by atoms with Crippen molar-refractivity contribution in [2.45, 2.75) is 26.5 Å². The third-order valence-corrected chi connectivity index (χ3v) is 5.70. The lowest BCUT2D eigenvalue weighted by Crippen LogP contribution is -2.39. The topological polar surface area (TPSA) is 78.9 Å². The average molecular weight is 362 g/mol. The molecule has 0 aliphatic carbocycles. The molecule has 0 unspecified atom stereocenters. The highest BCUT2D eigenvalue weighted by Crippen LogP contribution is 2.26. The van der Waals surface area contributed by atoms with E-state index >= 15 is 0 Å². The number of hydrogen-bond donors (Lipinski definition) is 2. The SMILES string of the molecule is CCOc1ccc(NS(=O)(=O)N2CCc3ccccc3C2)cc1CO. The van der Waals surface area contributed by atoms with Crippen molar-refractivity contribution in [1.82, 2.24) is 4.31 Å². The van der Waals surface area contributed by atoms with Crippen LogP contribution in [0.3, 0.4) is 0 Å². The molecule has 2 aromatic rings. The first kappa shape index (κ1) is 17.7. The van der Waals surface area contributed by atoms with Crippen LogP contribution in [0.25, 0.3) is 0 Å². The minimum Gasteiger partial charge on any atom is -0.494 e. The molecule has 0 saturated carbocycles. The Morgan fingerprint density at radius 2 is 1.96 bits per heavy atom. The molecule has 0 radical (unpaired) electrons. The van der Waals surface area contributed by atoms with E-state index in [9.17, 15) is 13.5 Å². The van der Waals surface area contributed by atoms with Crippen LogP contribution in [-0.4, -0.2) is 31.0 Å². The molecule has 7 heteroatoms. The van der Waals surface area contributed by atoms with Crippen LogP contribution < -0.4 is 9.46 Å². The van der Waals surface area contributed by atoms with Gasteiger partial charge in [0.25, 0.3) is 0 Å². The first-order chi connectivity index (χ1) is 12.0. The van der Waals surface area contributed by atoms with Gasteiger partial charge in [-0.2, -0.15) is 12.7 Å². The van der Waals surface area contributed by atoms with Crippen molar-refractivity contribution in [3.05, 3.63) is 59.2 Å². The molecule has 134 valence electrons. The van der Waals surface area contributed by atoms with E-state index in [0.29, 0.717) is 43.1 Å². The molecule has 1 aliphatic heterocycles. The van der Waals surface area contributed by atoms with Gasteiger partial charge in [0.05, 0.1) is 18.9 Å². The summed E-state index contributed by atoms with van der Waals surface area (Å²) in [7, 11) is -3.67. The Kier molecular flexibility index (Phi) is 5.27. The van der Waals surface area contributed by atoms with E-state index in [4.69, 9.17) is 4.74 Å². The molecule has 0 saturated heterocycles. The van der Waals surface area contributed by atoms with Crippen molar-refractivity contribution in [1.29, 1.82) is 0 Å². The summed E-state index contributed by atoms with van der Waals surface area (Å²) in [4.78, 5) is 0. The Bertz CT molecular complexity index is 852. The summed E-state index contributed by atoms with van der Waals surface area (Å²) in [5.41, 5.74) is 3.18. The minimum absolute atomic E-state index is 0.220. The molecule has 0 spiro atoms. The van der Waals surface area contributed by atoms with Crippen molar-refractivity contribution in [2.24, 2.45) is 0 Å². The molecule has 3 rings (SSSR count). The molecule has 25 heavy (non-hydrogen) atoms. The predicted molar refractivity (Wildman–Crippen MR) is 96.6 cm³/mol. The van der Waals surface area contributed by atoms with Crippen LogP contribution >= 0.6 is 0 Å². The van der Waals surface area contributed by atoms with E-state index in [0.717, 1.165) is 5.56 Å². The smallest absolute Gasteiger partial charge is 0.301 e. The number of hydrogen-bond acceptors (Lipinski definition) is 4. The normalized spacial score (nSPS) is 14.8. The first-order valence-electron chi connectivity index (χ1n) is 8.24. The summed E-state index contributed by atoms with van der Waals surface area (Å²) < 4.78 is 34.8. The second-order valence-electron chi connectivity index (χ2n) is 5.87. The van der Waals surface area contributed by atoms with Gasteiger partial charge in [-0.05, 0) is 42.7 Å². The number of fused-ring (bicyclic) bond motifs is 1. The highest BCUT2D eigenvalue weighted by atomic mass is 32.2. The van der Waals surface area contributed by atoms with Crippen LogP contribution in [0.1, 0.15) is 23.6 Å². The van der Waals surface area contributed by atoms with Crippen molar-refractivity contribution >= 4 is 15.9 Å².